The minimum absolute atomic E-state index is 0.271. The molecule has 6 heterocycles. The van der Waals surface area contributed by atoms with E-state index in [1.807, 2.05) is 78.7 Å². The third kappa shape index (κ3) is 8.91. The second kappa shape index (κ2) is 18.7. The van der Waals surface area contributed by atoms with E-state index >= 15 is 0 Å². The summed E-state index contributed by atoms with van der Waals surface area (Å²) < 4.78 is 11.7. The van der Waals surface area contributed by atoms with E-state index in [0.717, 1.165) is 123 Å². The van der Waals surface area contributed by atoms with Crippen LogP contribution in [0.1, 0.15) is 34.3 Å². The summed E-state index contributed by atoms with van der Waals surface area (Å²) in [5, 5.41) is 10.0. The number of hydrogen-bond acceptors (Lipinski definition) is 9. The Hall–Kier alpha value is -7.06. The minimum Gasteiger partial charge on any atom is -0.381 e. The van der Waals surface area contributed by atoms with Crippen molar-refractivity contribution >= 4 is 62.8 Å². The lowest BCUT2D eigenvalue weighted by atomic mass is 10.0. The second-order valence-electron chi connectivity index (χ2n) is 15.6. The van der Waals surface area contributed by atoms with Crippen LogP contribution in [0.15, 0.2) is 135 Å². The van der Waals surface area contributed by atoms with Crippen LogP contribution in [0.4, 0.5) is 11.6 Å². The number of fused-ring (bicyclic) bond motifs is 2. The first kappa shape index (κ1) is 42.3. The highest BCUT2D eigenvalue weighted by molar-refractivity contribution is 6.34. The molecule has 13 nitrogen and oxygen atoms in total. The Morgan fingerprint density at radius 2 is 1.47 bits per heavy atom. The summed E-state index contributed by atoms with van der Waals surface area (Å²) >= 11 is 12.8. The topological polar surface area (TPSA) is 156 Å². The molecule has 0 radical (unpaired) electrons. The van der Waals surface area contributed by atoms with E-state index in [2.05, 4.69) is 88.1 Å². The predicted molar refractivity (Wildman–Crippen MR) is 255 cm³/mol. The molecule has 1 saturated heterocycles. The van der Waals surface area contributed by atoms with Crippen molar-refractivity contribution in [2.24, 2.45) is 5.73 Å². The van der Waals surface area contributed by atoms with Gasteiger partial charge in [-0.3, -0.25) is 4.79 Å². The maximum Gasteiger partial charge on any atom is 0.250 e. The number of imidazole rings is 1. The fourth-order valence-corrected chi connectivity index (χ4v) is 8.41. The summed E-state index contributed by atoms with van der Waals surface area (Å²) in [6, 6.07) is 30.1. The summed E-state index contributed by atoms with van der Waals surface area (Å²) in [5.41, 5.74) is 15.5. The standard InChI is InChI=1S/C25H24ClN5O2.C24H21ClN6/c1-15-3-2-4-18(11-15)31-13-20(16-5-6-19(23(27)32)21(26)12-16)22-24(28-14-29-25(22)31)30-17-7-9-33-10-8-17;1-17-7-8-19(13-21(17)25)31-14-20(18-5-3-2-4-6-18)22-23(28-15-29-24(22)31)27-10-12-30-11-9-26-16-30/h2-6,11-14,17H,7-10H2,1H3,(H2,27,32)(H,28,29,30);2-9,11,13-16H,10,12H2,1H3,(H,27,28,29). The smallest absolute Gasteiger partial charge is 0.250 e. The molecule has 0 saturated carbocycles. The SMILES string of the molecule is Cc1ccc(-n2cc(-c3ccccc3)c3c(NCCn4ccnc4)ncnc32)cc1Cl.Cc1cccc(-n2cc(-c3ccc(C(N)=O)c(Cl)c3)c3c(NC4CCOCC4)ncnc32)c1. The monoisotopic (exact) mass is 889 g/mol. The molecule has 5 aromatic heterocycles. The van der Waals surface area contributed by atoms with Crippen LogP contribution in [-0.4, -0.2) is 70.3 Å². The number of nitrogens with zero attached hydrogens (tertiary/aromatic N) is 8. The lowest BCUT2D eigenvalue weighted by molar-refractivity contribution is 0.0904. The molecule has 0 aliphatic carbocycles. The zero-order chi connectivity index (χ0) is 44.2. The number of aromatic nitrogens is 8. The molecule has 15 heteroatoms. The highest BCUT2D eigenvalue weighted by atomic mass is 35.5. The van der Waals surface area contributed by atoms with Gasteiger partial charge in [-0.2, -0.15) is 0 Å². The van der Waals surface area contributed by atoms with Gasteiger partial charge in [-0.25, -0.2) is 24.9 Å². The maximum absolute atomic E-state index is 11.7. The predicted octanol–water partition coefficient (Wildman–Crippen LogP) is 10.1. The van der Waals surface area contributed by atoms with Crippen LogP contribution in [0.5, 0.6) is 0 Å². The fourth-order valence-electron chi connectivity index (χ4n) is 7.97. The van der Waals surface area contributed by atoms with Crippen LogP contribution < -0.4 is 16.4 Å². The zero-order valence-corrected chi connectivity index (χ0v) is 36.8. The molecule has 1 aliphatic heterocycles. The number of anilines is 2. The van der Waals surface area contributed by atoms with E-state index in [4.69, 9.17) is 33.7 Å². The second-order valence-corrected chi connectivity index (χ2v) is 16.4. The molecule has 4 N–H and O–H groups in total. The molecule has 10 rings (SSSR count). The van der Waals surface area contributed by atoms with Gasteiger partial charge in [0.15, 0.2) is 11.3 Å². The van der Waals surface area contributed by atoms with Crippen molar-refractivity contribution in [3.8, 4) is 33.6 Å². The van der Waals surface area contributed by atoms with Crippen LogP contribution in [0.2, 0.25) is 10.0 Å². The van der Waals surface area contributed by atoms with Gasteiger partial charge in [-0.15, -0.1) is 0 Å². The number of carbonyl (C=O) groups is 1. The van der Waals surface area contributed by atoms with Crippen molar-refractivity contribution in [3.63, 3.8) is 0 Å². The molecular weight excluding hydrogens is 846 g/mol. The van der Waals surface area contributed by atoms with Crippen molar-refractivity contribution in [2.45, 2.75) is 39.3 Å². The van der Waals surface area contributed by atoms with Gasteiger partial charge < -0.3 is 34.8 Å². The van der Waals surface area contributed by atoms with E-state index in [1.54, 1.807) is 31.0 Å². The lowest BCUT2D eigenvalue weighted by Gasteiger charge is -2.24. The Kier molecular flexibility index (Phi) is 12.4. The lowest BCUT2D eigenvalue weighted by Crippen LogP contribution is -2.28. The summed E-state index contributed by atoms with van der Waals surface area (Å²) in [5.74, 6) is 1.02. The average molecular weight is 891 g/mol. The molecular formula is C49H45Cl2N11O2. The molecule has 9 aromatic rings. The zero-order valence-electron chi connectivity index (χ0n) is 35.2. The Bertz CT molecular complexity index is 3090. The summed E-state index contributed by atoms with van der Waals surface area (Å²) in [7, 11) is 0. The summed E-state index contributed by atoms with van der Waals surface area (Å²) in [4.78, 5) is 34.2. The van der Waals surface area contributed by atoms with Gasteiger partial charge in [-0.05, 0) is 85.3 Å². The first-order valence-corrected chi connectivity index (χ1v) is 21.7. The van der Waals surface area contributed by atoms with Crippen molar-refractivity contribution in [2.75, 3.05) is 30.4 Å². The van der Waals surface area contributed by atoms with Gasteiger partial charge in [0.25, 0.3) is 0 Å². The highest BCUT2D eigenvalue weighted by Crippen LogP contribution is 2.38. The first-order chi connectivity index (χ1) is 31.2. The Morgan fingerprint density at radius 1 is 0.766 bits per heavy atom. The van der Waals surface area contributed by atoms with Crippen molar-refractivity contribution in [1.29, 1.82) is 0 Å². The molecule has 0 unspecified atom stereocenters. The number of amides is 1. The molecule has 0 bridgehead atoms. The highest BCUT2D eigenvalue weighted by Gasteiger charge is 2.22. The number of nitrogens with one attached hydrogen (secondary N) is 2. The first-order valence-electron chi connectivity index (χ1n) is 21.0. The summed E-state index contributed by atoms with van der Waals surface area (Å²) in [6.45, 7) is 7.03. The van der Waals surface area contributed by atoms with Gasteiger partial charge in [-0.1, -0.05) is 77.8 Å². The average Bonchev–Trinajstić information content (AvgIpc) is 4.07. The number of aryl methyl sites for hydroxylation is 2. The van der Waals surface area contributed by atoms with Crippen molar-refractivity contribution in [3.05, 3.63) is 162 Å². The van der Waals surface area contributed by atoms with Gasteiger partial charge >= 0.3 is 0 Å². The Morgan fingerprint density at radius 3 is 2.14 bits per heavy atom. The third-order valence-electron chi connectivity index (χ3n) is 11.3. The maximum atomic E-state index is 11.7. The van der Waals surface area contributed by atoms with Gasteiger partial charge in [0, 0.05) is 84.7 Å². The quantitative estimate of drug-likeness (QED) is 0.115. The van der Waals surface area contributed by atoms with E-state index in [9.17, 15) is 4.79 Å². The number of halogens is 2. The van der Waals surface area contributed by atoms with Gasteiger partial charge in [0.1, 0.15) is 24.3 Å². The van der Waals surface area contributed by atoms with Crippen LogP contribution >= 0.6 is 23.2 Å². The summed E-state index contributed by atoms with van der Waals surface area (Å²) in [6.07, 6.45) is 14.7. The van der Waals surface area contributed by atoms with Gasteiger partial charge in [0.05, 0.1) is 27.7 Å². The van der Waals surface area contributed by atoms with Crippen LogP contribution in [0.25, 0.3) is 55.7 Å². The molecule has 0 atom stereocenters. The Balaban J connectivity index is 0.000000162. The molecule has 1 aliphatic rings. The fraction of sp³-hybridized carbons (Fsp3) is 0.184. The number of hydrogen-bond donors (Lipinski definition) is 3. The number of ether oxygens (including phenoxy) is 1. The van der Waals surface area contributed by atoms with E-state index in [1.165, 1.54) is 0 Å². The number of benzene rings is 4. The molecule has 4 aromatic carbocycles. The minimum atomic E-state index is -0.557. The molecule has 64 heavy (non-hydrogen) atoms. The molecule has 1 fully saturated rings. The van der Waals surface area contributed by atoms with Crippen molar-refractivity contribution < 1.29 is 9.53 Å². The van der Waals surface area contributed by atoms with Gasteiger partial charge in [0.2, 0.25) is 5.91 Å². The molecule has 322 valence electrons. The number of rotatable bonds is 11. The van der Waals surface area contributed by atoms with Crippen LogP contribution in [0.3, 0.4) is 0 Å². The van der Waals surface area contributed by atoms with Crippen molar-refractivity contribution in [1.82, 2.24) is 38.6 Å². The van der Waals surface area contributed by atoms with E-state index in [-0.39, 0.29) is 6.04 Å². The molecule has 0 spiro atoms. The number of primary amides is 1. The van der Waals surface area contributed by atoms with Crippen LogP contribution in [-0.2, 0) is 11.3 Å². The molecule has 1 amide bonds. The van der Waals surface area contributed by atoms with Crippen LogP contribution in [0, 0.1) is 13.8 Å². The van der Waals surface area contributed by atoms with E-state index < -0.39 is 5.91 Å². The van der Waals surface area contributed by atoms with E-state index in [0.29, 0.717) is 10.6 Å². The number of carbonyl (C=O) groups excluding carboxylic acids is 1. The Labute approximate surface area is 379 Å². The number of nitrogens with two attached hydrogens (primary N) is 1. The largest absolute Gasteiger partial charge is 0.381 e. The normalized spacial score (nSPS) is 12.9. The third-order valence-corrected chi connectivity index (χ3v) is 12.0.